The molecule has 0 saturated carbocycles. The molecular weight excluding hydrogens is 238 g/mol. The standard InChI is InChI=1S/C16H25NO2/c1-11-6-8-13(16(2,3)4)10-12(11)7-9-14(17)15(18)19-5/h6,8,10,14H,7,9,17H2,1-5H3. The van der Waals surface area contributed by atoms with Gasteiger partial charge in [-0.05, 0) is 41.9 Å². The highest BCUT2D eigenvalue weighted by molar-refractivity contribution is 5.75. The molecule has 0 heterocycles. The molecule has 0 saturated heterocycles. The lowest BCUT2D eigenvalue weighted by molar-refractivity contribution is -0.142. The van der Waals surface area contributed by atoms with E-state index in [4.69, 9.17) is 5.73 Å². The number of aryl methyl sites for hydroxylation is 2. The van der Waals surface area contributed by atoms with Crippen molar-refractivity contribution in [3.05, 3.63) is 34.9 Å². The van der Waals surface area contributed by atoms with Gasteiger partial charge in [-0.2, -0.15) is 0 Å². The van der Waals surface area contributed by atoms with Crippen LogP contribution in [0.5, 0.6) is 0 Å². The van der Waals surface area contributed by atoms with Crippen molar-refractivity contribution < 1.29 is 9.53 Å². The fraction of sp³-hybridized carbons (Fsp3) is 0.562. The van der Waals surface area contributed by atoms with E-state index in [0.717, 1.165) is 6.42 Å². The summed E-state index contributed by atoms with van der Waals surface area (Å²) in [6.07, 6.45) is 1.41. The number of rotatable bonds is 4. The molecule has 3 heteroatoms. The molecule has 0 aliphatic heterocycles. The molecule has 0 bridgehead atoms. The number of hydrogen-bond donors (Lipinski definition) is 1. The van der Waals surface area contributed by atoms with E-state index >= 15 is 0 Å². The van der Waals surface area contributed by atoms with E-state index in [1.807, 2.05) is 0 Å². The Morgan fingerprint density at radius 1 is 1.37 bits per heavy atom. The summed E-state index contributed by atoms with van der Waals surface area (Å²) in [7, 11) is 1.37. The number of carbonyl (C=O) groups excluding carboxylic acids is 1. The van der Waals surface area contributed by atoms with Gasteiger partial charge in [0.1, 0.15) is 6.04 Å². The van der Waals surface area contributed by atoms with E-state index in [2.05, 4.69) is 50.6 Å². The van der Waals surface area contributed by atoms with Crippen LogP contribution in [0.1, 0.15) is 43.9 Å². The number of benzene rings is 1. The van der Waals surface area contributed by atoms with Crippen LogP contribution in [0.25, 0.3) is 0 Å². The lowest BCUT2D eigenvalue weighted by Gasteiger charge is -2.21. The summed E-state index contributed by atoms with van der Waals surface area (Å²) in [5.74, 6) is -0.343. The molecule has 2 N–H and O–H groups in total. The zero-order valence-corrected chi connectivity index (χ0v) is 12.6. The van der Waals surface area contributed by atoms with E-state index in [0.29, 0.717) is 6.42 Å². The van der Waals surface area contributed by atoms with Gasteiger partial charge in [0.2, 0.25) is 0 Å². The van der Waals surface area contributed by atoms with Crippen molar-refractivity contribution in [1.29, 1.82) is 0 Å². The number of carbonyl (C=O) groups is 1. The van der Waals surface area contributed by atoms with Gasteiger partial charge in [0.15, 0.2) is 0 Å². The smallest absolute Gasteiger partial charge is 0.322 e. The Balaban J connectivity index is 2.81. The number of nitrogens with two attached hydrogens (primary N) is 1. The van der Waals surface area contributed by atoms with Gasteiger partial charge in [-0.1, -0.05) is 39.0 Å². The maximum atomic E-state index is 11.3. The van der Waals surface area contributed by atoms with Gasteiger partial charge in [-0.3, -0.25) is 4.79 Å². The van der Waals surface area contributed by atoms with Crippen molar-refractivity contribution >= 4 is 5.97 Å². The first-order chi connectivity index (χ1) is 8.75. The first-order valence-corrected chi connectivity index (χ1v) is 6.69. The minimum atomic E-state index is -0.539. The van der Waals surface area contributed by atoms with Crippen LogP contribution in [0.2, 0.25) is 0 Å². The van der Waals surface area contributed by atoms with Gasteiger partial charge in [-0.25, -0.2) is 0 Å². The molecule has 0 radical (unpaired) electrons. The van der Waals surface area contributed by atoms with Gasteiger partial charge in [0, 0.05) is 0 Å². The lowest BCUT2D eigenvalue weighted by atomic mass is 9.84. The maximum absolute atomic E-state index is 11.3. The summed E-state index contributed by atoms with van der Waals surface area (Å²) in [5.41, 5.74) is 9.71. The quantitative estimate of drug-likeness (QED) is 0.850. The van der Waals surface area contributed by atoms with Crippen molar-refractivity contribution in [3.8, 4) is 0 Å². The van der Waals surface area contributed by atoms with Gasteiger partial charge >= 0.3 is 5.97 Å². The third-order valence-electron chi connectivity index (χ3n) is 3.44. The number of hydrogen-bond acceptors (Lipinski definition) is 3. The molecule has 19 heavy (non-hydrogen) atoms. The van der Waals surface area contributed by atoms with Crippen molar-refractivity contribution in [1.82, 2.24) is 0 Å². The molecule has 1 atom stereocenters. The SMILES string of the molecule is COC(=O)C(N)CCc1cc(C(C)(C)C)ccc1C. The summed E-state index contributed by atoms with van der Waals surface area (Å²) >= 11 is 0. The lowest BCUT2D eigenvalue weighted by Crippen LogP contribution is -2.32. The molecule has 1 aromatic carbocycles. The third kappa shape index (κ3) is 4.35. The Bertz CT molecular complexity index is 447. The summed E-state index contributed by atoms with van der Waals surface area (Å²) in [5, 5.41) is 0. The molecule has 106 valence electrons. The fourth-order valence-corrected chi connectivity index (χ4v) is 1.99. The normalized spacial score (nSPS) is 13.2. The van der Waals surface area contributed by atoms with Crippen LogP contribution < -0.4 is 5.73 Å². The first kappa shape index (κ1) is 15.7. The zero-order valence-electron chi connectivity index (χ0n) is 12.6. The van der Waals surface area contributed by atoms with Crippen molar-refractivity contribution in [2.45, 2.75) is 52.0 Å². The second-order valence-corrected chi connectivity index (χ2v) is 6.06. The van der Waals surface area contributed by atoms with E-state index < -0.39 is 6.04 Å². The average molecular weight is 263 g/mol. The van der Waals surface area contributed by atoms with Crippen LogP contribution in [-0.2, 0) is 21.4 Å². The maximum Gasteiger partial charge on any atom is 0.322 e. The van der Waals surface area contributed by atoms with Crippen molar-refractivity contribution in [2.75, 3.05) is 7.11 Å². The molecule has 1 aromatic rings. The van der Waals surface area contributed by atoms with Crippen LogP contribution in [-0.4, -0.2) is 19.1 Å². The van der Waals surface area contributed by atoms with Crippen molar-refractivity contribution in [3.63, 3.8) is 0 Å². The summed E-state index contributed by atoms with van der Waals surface area (Å²) in [6.45, 7) is 8.68. The first-order valence-electron chi connectivity index (χ1n) is 6.69. The van der Waals surface area contributed by atoms with Crippen LogP contribution in [0, 0.1) is 6.92 Å². The molecule has 0 aromatic heterocycles. The minimum absolute atomic E-state index is 0.132. The van der Waals surface area contributed by atoms with E-state index in [1.165, 1.54) is 23.8 Å². The molecule has 0 aliphatic carbocycles. The molecule has 0 spiro atoms. The zero-order chi connectivity index (χ0) is 14.6. The van der Waals surface area contributed by atoms with E-state index in [9.17, 15) is 4.79 Å². The second-order valence-electron chi connectivity index (χ2n) is 6.06. The molecule has 0 aliphatic rings. The fourth-order valence-electron chi connectivity index (χ4n) is 1.99. The van der Waals surface area contributed by atoms with Gasteiger partial charge in [0.05, 0.1) is 7.11 Å². The van der Waals surface area contributed by atoms with Gasteiger partial charge in [0.25, 0.3) is 0 Å². The summed E-state index contributed by atoms with van der Waals surface area (Å²) in [4.78, 5) is 11.3. The predicted octanol–water partition coefficient (Wildman–Crippen LogP) is 2.73. The third-order valence-corrected chi connectivity index (χ3v) is 3.44. The van der Waals surface area contributed by atoms with Gasteiger partial charge < -0.3 is 10.5 Å². The monoisotopic (exact) mass is 263 g/mol. The van der Waals surface area contributed by atoms with Crippen LogP contribution >= 0.6 is 0 Å². The molecular formula is C16H25NO2. The molecule has 0 amide bonds. The summed E-state index contributed by atoms with van der Waals surface area (Å²) in [6, 6.07) is 5.99. The van der Waals surface area contributed by atoms with Crippen molar-refractivity contribution in [2.24, 2.45) is 5.73 Å². The highest BCUT2D eigenvalue weighted by atomic mass is 16.5. The molecule has 0 fully saturated rings. The van der Waals surface area contributed by atoms with Gasteiger partial charge in [-0.15, -0.1) is 0 Å². The molecule has 1 unspecified atom stereocenters. The predicted molar refractivity (Wildman–Crippen MR) is 78.2 cm³/mol. The largest absolute Gasteiger partial charge is 0.468 e. The second kappa shape index (κ2) is 6.20. The van der Waals surface area contributed by atoms with Crippen LogP contribution in [0.4, 0.5) is 0 Å². The Morgan fingerprint density at radius 3 is 2.53 bits per heavy atom. The Hall–Kier alpha value is -1.35. The number of esters is 1. The number of ether oxygens (including phenoxy) is 1. The molecule has 1 rings (SSSR count). The topological polar surface area (TPSA) is 52.3 Å². The highest BCUT2D eigenvalue weighted by Gasteiger charge is 2.17. The number of methoxy groups -OCH3 is 1. The summed E-state index contributed by atoms with van der Waals surface area (Å²) < 4.78 is 4.64. The molecule has 3 nitrogen and oxygen atoms in total. The Morgan fingerprint density at radius 2 is 2.00 bits per heavy atom. The van der Waals surface area contributed by atoms with Crippen LogP contribution in [0.15, 0.2) is 18.2 Å². The van der Waals surface area contributed by atoms with Crippen LogP contribution in [0.3, 0.4) is 0 Å². The highest BCUT2D eigenvalue weighted by Crippen LogP contribution is 2.25. The van der Waals surface area contributed by atoms with E-state index in [1.54, 1.807) is 0 Å². The Kier molecular flexibility index (Phi) is 5.12. The average Bonchev–Trinajstić information content (AvgIpc) is 2.35. The minimum Gasteiger partial charge on any atom is -0.468 e. The van der Waals surface area contributed by atoms with E-state index in [-0.39, 0.29) is 11.4 Å². The Labute approximate surface area is 116 Å².